The van der Waals surface area contributed by atoms with Crippen molar-refractivity contribution < 1.29 is 43.1 Å². The van der Waals surface area contributed by atoms with Gasteiger partial charge in [-0.3, -0.25) is 0 Å². The minimum Gasteiger partial charge on any atom is -0.493 e. The number of ether oxygens (including phenoxy) is 7. The van der Waals surface area contributed by atoms with E-state index in [2.05, 4.69) is 6.58 Å². The number of methoxy groups -OCH3 is 7. The number of aliphatic hydroxyl groups is 1. The highest BCUT2D eigenvalue weighted by atomic mass is 16.5. The normalized spacial score (nSPS) is 12.3. The van der Waals surface area contributed by atoms with Gasteiger partial charge in [0.05, 0.1) is 55.9 Å². The lowest BCUT2D eigenvalue weighted by Crippen LogP contribution is -2.19. The molecule has 34 heavy (non-hydrogen) atoms. The lowest BCUT2D eigenvalue weighted by Gasteiger charge is -2.26. The third-order valence-electron chi connectivity index (χ3n) is 5.60. The van der Waals surface area contributed by atoms with Crippen LogP contribution in [0.2, 0.25) is 0 Å². The van der Waals surface area contributed by atoms with E-state index in [0.29, 0.717) is 51.2 Å². The molecule has 0 aliphatic carbocycles. The summed E-state index contributed by atoms with van der Waals surface area (Å²) in [6, 6.07) is 5.08. The van der Waals surface area contributed by atoms with Crippen molar-refractivity contribution in [1.82, 2.24) is 0 Å². The van der Waals surface area contributed by atoms with E-state index in [1.165, 1.54) is 49.8 Å². The molecule has 9 nitrogen and oxygen atoms in total. The Morgan fingerprint density at radius 3 is 1.65 bits per heavy atom. The van der Waals surface area contributed by atoms with E-state index in [0.717, 1.165) is 0 Å². The average molecular weight is 477 g/mol. The van der Waals surface area contributed by atoms with Crippen molar-refractivity contribution in [3.8, 4) is 45.6 Å². The Bertz CT molecular complexity index is 1020. The lowest BCUT2D eigenvalue weighted by molar-refractivity contribution is -0.137. The largest absolute Gasteiger partial charge is 0.493 e. The highest BCUT2D eigenvalue weighted by molar-refractivity contribution is 5.88. The fourth-order valence-corrected chi connectivity index (χ4v) is 3.71. The maximum atomic E-state index is 12.1. The molecule has 9 heteroatoms. The van der Waals surface area contributed by atoms with Crippen LogP contribution in [0.1, 0.15) is 18.6 Å². The molecule has 0 amide bonds. The van der Waals surface area contributed by atoms with Crippen LogP contribution in [-0.2, 0) is 9.53 Å². The van der Waals surface area contributed by atoms with E-state index in [4.69, 9.17) is 33.2 Å². The van der Waals surface area contributed by atoms with Gasteiger partial charge >= 0.3 is 5.97 Å². The number of benzene rings is 2. The van der Waals surface area contributed by atoms with Crippen molar-refractivity contribution in [2.24, 2.45) is 5.92 Å². The molecule has 0 aliphatic rings. The van der Waals surface area contributed by atoms with Gasteiger partial charge in [0.2, 0.25) is 11.5 Å². The maximum Gasteiger partial charge on any atom is 0.333 e. The second kappa shape index (κ2) is 11.5. The summed E-state index contributed by atoms with van der Waals surface area (Å²) in [5.74, 6) is 0.861. The molecule has 0 spiro atoms. The van der Waals surface area contributed by atoms with Crippen molar-refractivity contribution in [2.45, 2.75) is 13.0 Å². The molecule has 0 aromatic heterocycles. The van der Waals surface area contributed by atoms with Crippen LogP contribution in [0.15, 0.2) is 30.4 Å². The Balaban J connectivity index is 2.93. The summed E-state index contributed by atoms with van der Waals surface area (Å²) < 4.78 is 38.0. The van der Waals surface area contributed by atoms with Crippen LogP contribution in [0, 0.1) is 5.92 Å². The molecule has 0 aliphatic heterocycles. The fraction of sp³-hybridized carbons (Fsp3) is 0.400. The zero-order valence-electron chi connectivity index (χ0n) is 20.8. The first-order chi connectivity index (χ1) is 16.2. The van der Waals surface area contributed by atoms with Gasteiger partial charge in [0.15, 0.2) is 23.0 Å². The molecule has 0 bridgehead atoms. The summed E-state index contributed by atoms with van der Waals surface area (Å²) in [5, 5.41) is 11.4. The summed E-state index contributed by atoms with van der Waals surface area (Å²) in [6.07, 6.45) is -1.19. The molecule has 2 aromatic rings. The number of carbonyl (C=O) groups excluding carboxylic acids is 1. The Hall–Kier alpha value is -3.59. The zero-order valence-corrected chi connectivity index (χ0v) is 20.8. The molecule has 0 fully saturated rings. The summed E-state index contributed by atoms with van der Waals surface area (Å²) in [4.78, 5) is 12.1. The van der Waals surface area contributed by atoms with Gasteiger partial charge in [0.1, 0.15) is 0 Å². The average Bonchev–Trinajstić information content (AvgIpc) is 2.88. The topological polar surface area (TPSA) is 102 Å². The van der Waals surface area contributed by atoms with E-state index >= 15 is 0 Å². The van der Waals surface area contributed by atoms with Crippen LogP contribution in [0.3, 0.4) is 0 Å². The first-order valence-electron chi connectivity index (χ1n) is 10.3. The fourth-order valence-electron chi connectivity index (χ4n) is 3.71. The van der Waals surface area contributed by atoms with E-state index in [1.807, 2.05) is 0 Å². The Morgan fingerprint density at radius 2 is 1.24 bits per heavy atom. The van der Waals surface area contributed by atoms with Gasteiger partial charge in [-0.25, -0.2) is 4.79 Å². The van der Waals surface area contributed by atoms with Crippen LogP contribution in [-0.4, -0.2) is 60.8 Å². The molecule has 0 unspecified atom stereocenters. The molecule has 0 saturated heterocycles. The Morgan fingerprint density at radius 1 is 0.765 bits per heavy atom. The predicted molar refractivity (Wildman–Crippen MR) is 126 cm³/mol. The predicted octanol–water partition coefficient (Wildman–Crippen LogP) is 3.80. The van der Waals surface area contributed by atoms with E-state index in [9.17, 15) is 9.90 Å². The number of hydrogen-bond acceptors (Lipinski definition) is 9. The van der Waals surface area contributed by atoms with Gasteiger partial charge in [-0.15, -0.1) is 0 Å². The van der Waals surface area contributed by atoms with Crippen LogP contribution in [0.25, 0.3) is 11.1 Å². The second-order valence-electron chi connectivity index (χ2n) is 7.27. The maximum absolute atomic E-state index is 12.1. The van der Waals surface area contributed by atoms with Crippen LogP contribution in [0.4, 0.5) is 0 Å². The number of aliphatic hydroxyl groups excluding tert-OH is 1. The third-order valence-corrected chi connectivity index (χ3v) is 5.60. The zero-order chi connectivity index (χ0) is 25.6. The third kappa shape index (κ3) is 4.84. The Kier molecular flexibility index (Phi) is 9.03. The van der Waals surface area contributed by atoms with Gasteiger partial charge in [-0.05, 0) is 29.3 Å². The minimum absolute atomic E-state index is 0.111. The van der Waals surface area contributed by atoms with E-state index in [1.54, 1.807) is 25.1 Å². The molecule has 0 heterocycles. The summed E-state index contributed by atoms with van der Waals surface area (Å²) in [5.41, 5.74) is 1.58. The van der Waals surface area contributed by atoms with Crippen molar-refractivity contribution in [1.29, 1.82) is 0 Å². The van der Waals surface area contributed by atoms with E-state index < -0.39 is 18.0 Å². The number of rotatable bonds is 11. The SMILES string of the molecule is C=C(C(=O)OC)[C@H](C)[C@@H](O)c1cc(OC)c(OC)c(OC)c1-c1cc(OC)c(OC)c(OC)c1. The van der Waals surface area contributed by atoms with Crippen LogP contribution in [0.5, 0.6) is 34.5 Å². The molecule has 186 valence electrons. The first kappa shape index (κ1) is 26.7. The second-order valence-corrected chi connectivity index (χ2v) is 7.27. The van der Waals surface area contributed by atoms with Crippen molar-refractivity contribution in [3.63, 3.8) is 0 Å². The quantitative estimate of drug-likeness (QED) is 0.383. The van der Waals surface area contributed by atoms with Crippen LogP contribution >= 0.6 is 0 Å². The van der Waals surface area contributed by atoms with Gasteiger partial charge in [-0.2, -0.15) is 0 Å². The molecular weight excluding hydrogens is 444 g/mol. The van der Waals surface area contributed by atoms with Crippen molar-refractivity contribution >= 4 is 5.97 Å². The van der Waals surface area contributed by atoms with Gasteiger partial charge in [-0.1, -0.05) is 13.5 Å². The molecule has 1 N–H and O–H groups in total. The van der Waals surface area contributed by atoms with Gasteiger partial charge in [0.25, 0.3) is 0 Å². The van der Waals surface area contributed by atoms with Crippen molar-refractivity contribution in [2.75, 3.05) is 49.8 Å². The van der Waals surface area contributed by atoms with Crippen LogP contribution < -0.4 is 28.4 Å². The number of esters is 1. The summed E-state index contributed by atoms with van der Waals surface area (Å²) in [6.45, 7) is 5.47. The monoisotopic (exact) mass is 476 g/mol. The van der Waals surface area contributed by atoms with Gasteiger partial charge < -0.3 is 38.3 Å². The Labute approximate surface area is 199 Å². The first-order valence-corrected chi connectivity index (χ1v) is 10.3. The highest BCUT2D eigenvalue weighted by Gasteiger charge is 2.31. The minimum atomic E-state index is -1.19. The molecule has 0 radical (unpaired) electrons. The van der Waals surface area contributed by atoms with Gasteiger partial charge in [0, 0.05) is 17.1 Å². The molecular formula is C25H32O9. The molecule has 2 rings (SSSR count). The number of carbonyl (C=O) groups is 1. The molecule has 2 atom stereocenters. The standard InChI is InChI=1S/C25H32O9/c1-13(14(2)25(27)34-9)21(26)16-12-19(30-5)23(32-7)24(33-8)20(16)15-10-17(28-3)22(31-6)18(11-15)29-4/h10-13,21,26H,2H2,1,3-9H3/t13-,21+/m0/s1. The number of hydrogen-bond donors (Lipinski definition) is 1. The lowest BCUT2D eigenvalue weighted by atomic mass is 9.86. The van der Waals surface area contributed by atoms with E-state index in [-0.39, 0.29) is 5.57 Å². The highest BCUT2D eigenvalue weighted by Crippen LogP contribution is 2.52. The van der Waals surface area contributed by atoms with Crippen molar-refractivity contribution in [3.05, 3.63) is 35.9 Å². The molecule has 2 aromatic carbocycles. The smallest absolute Gasteiger partial charge is 0.333 e. The molecule has 0 saturated carbocycles. The summed E-state index contributed by atoms with van der Waals surface area (Å²) in [7, 11) is 10.2. The summed E-state index contributed by atoms with van der Waals surface area (Å²) >= 11 is 0.